The SMILES string of the molecule is C=CC(=O)Nc1cc(OC)c(OC)cc1C(=O)c1ccccc1Br. The zero-order chi connectivity index (χ0) is 17.7. The Morgan fingerprint density at radius 1 is 1.08 bits per heavy atom. The lowest BCUT2D eigenvalue weighted by molar-refractivity contribution is -0.111. The maximum absolute atomic E-state index is 12.9. The van der Waals surface area contributed by atoms with E-state index in [1.807, 2.05) is 6.07 Å². The number of amides is 1. The molecule has 0 spiro atoms. The summed E-state index contributed by atoms with van der Waals surface area (Å²) in [5.74, 6) is 0.108. The molecule has 0 saturated carbocycles. The van der Waals surface area contributed by atoms with E-state index >= 15 is 0 Å². The van der Waals surface area contributed by atoms with Crippen LogP contribution in [-0.4, -0.2) is 25.9 Å². The second-order valence-electron chi connectivity index (χ2n) is 4.76. The Bertz CT molecular complexity index is 802. The molecule has 2 aromatic rings. The number of benzene rings is 2. The molecular formula is C18H16BrNO4. The maximum atomic E-state index is 12.9. The number of methoxy groups -OCH3 is 2. The van der Waals surface area contributed by atoms with Crippen LogP contribution in [0.25, 0.3) is 0 Å². The summed E-state index contributed by atoms with van der Waals surface area (Å²) in [6, 6.07) is 10.1. The Labute approximate surface area is 148 Å². The summed E-state index contributed by atoms with van der Waals surface area (Å²) in [6.45, 7) is 3.42. The van der Waals surface area contributed by atoms with Gasteiger partial charge in [0.05, 0.1) is 25.5 Å². The van der Waals surface area contributed by atoms with Gasteiger partial charge in [-0.25, -0.2) is 0 Å². The minimum atomic E-state index is -0.427. The first-order chi connectivity index (χ1) is 11.5. The fourth-order valence-corrected chi connectivity index (χ4v) is 2.61. The van der Waals surface area contributed by atoms with E-state index in [-0.39, 0.29) is 11.3 Å². The topological polar surface area (TPSA) is 64.6 Å². The van der Waals surface area contributed by atoms with Crippen LogP contribution in [0, 0.1) is 0 Å². The average Bonchev–Trinajstić information content (AvgIpc) is 2.60. The van der Waals surface area contributed by atoms with Gasteiger partial charge in [0, 0.05) is 16.1 Å². The molecule has 0 saturated heterocycles. The fourth-order valence-electron chi connectivity index (χ4n) is 2.14. The molecule has 0 aliphatic carbocycles. The van der Waals surface area contributed by atoms with E-state index in [2.05, 4.69) is 27.8 Å². The third-order valence-electron chi connectivity index (χ3n) is 3.33. The normalized spacial score (nSPS) is 9.96. The van der Waals surface area contributed by atoms with Gasteiger partial charge in [0.2, 0.25) is 5.91 Å². The van der Waals surface area contributed by atoms with Gasteiger partial charge in [-0.3, -0.25) is 9.59 Å². The molecule has 5 nitrogen and oxygen atoms in total. The number of ketones is 1. The van der Waals surface area contributed by atoms with Crippen molar-refractivity contribution in [3.8, 4) is 11.5 Å². The molecule has 0 radical (unpaired) electrons. The van der Waals surface area contributed by atoms with Crippen LogP contribution in [0.15, 0.2) is 53.5 Å². The predicted molar refractivity (Wildman–Crippen MR) is 95.9 cm³/mol. The van der Waals surface area contributed by atoms with Gasteiger partial charge in [-0.2, -0.15) is 0 Å². The number of halogens is 1. The highest BCUT2D eigenvalue weighted by atomic mass is 79.9. The number of nitrogens with one attached hydrogen (secondary N) is 1. The molecular weight excluding hydrogens is 374 g/mol. The monoisotopic (exact) mass is 389 g/mol. The summed E-state index contributed by atoms with van der Waals surface area (Å²) >= 11 is 3.37. The zero-order valence-corrected chi connectivity index (χ0v) is 14.8. The molecule has 1 N–H and O–H groups in total. The quantitative estimate of drug-likeness (QED) is 0.602. The predicted octanol–water partition coefficient (Wildman–Crippen LogP) is 3.82. The molecule has 0 aliphatic rings. The van der Waals surface area contributed by atoms with Crippen molar-refractivity contribution >= 4 is 33.3 Å². The van der Waals surface area contributed by atoms with Gasteiger partial charge in [-0.05, 0) is 24.3 Å². The van der Waals surface area contributed by atoms with Crippen LogP contribution >= 0.6 is 15.9 Å². The minimum absolute atomic E-state index is 0.261. The van der Waals surface area contributed by atoms with Gasteiger partial charge in [-0.15, -0.1) is 0 Å². The molecule has 0 aliphatic heterocycles. The Balaban J connectivity index is 2.61. The first-order valence-corrected chi connectivity index (χ1v) is 7.79. The van der Waals surface area contributed by atoms with E-state index in [1.165, 1.54) is 14.2 Å². The lowest BCUT2D eigenvalue weighted by Crippen LogP contribution is -2.13. The van der Waals surface area contributed by atoms with E-state index < -0.39 is 5.91 Å². The van der Waals surface area contributed by atoms with Crippen LogP contribution in [0.4, 0.5) is 5.69 Å². The molecule has 0 aromatic heterocycles. The van der Waals surface area contributed by atoms with Crippen molar-refractivity contribution in [2.75, 3.05) is 19.5 Å². The third kappa shape index (κ3) is 3.65. The number of ether oxygens (including phenoxy) is 2. The lowest BCUT2D eigenvalue weighted by atomic mass is 10.0. The molecule has 124 valence electrons. The molecule has 0 heterocycles. The number of anilines is 1. The van der Waals surface area contributed by atoms with Gasteiger partial charge in [0.15, 0.2) is 17.3 Å². The second kappa shape index (κ2) is 7.79. The van der Waals surface area contributed by atoms with Crippen molar-refractivity contribution in [3.05, 3.63) is 64.7 Å². The van der Waals surface area contributed by atoms with Crippen LogP contribution in [0.2, 0.25) is 0 Å². The van der Waals surface area contributed by atoms with Gasteiger partial charge < -0.3 is 14.8 Å². The largest absolute Gasteiger partial charge is 0.493 e. The van der Waals surface area contributed by atoms with Crippen molar-refractivity contribution in [2.24, 2.45) is 0 Å². The Hall–Kier alpha value is -2.60. The smallest absolute Gasteiger partial charge is 0.247 e. The first-order valence-electron chi connectivity index (χ1n) is 7.00. The van der Waals surface area contributed by atoms with Crippen molar-refractivity contribution in [3.63, 3.8) is 0 Å². The van der Waals surface area contributed by atoms with Crippen LogP contribution in [-0.2, 0) is 4.79 Å². The third-order valence-corrected chi connectivity index (χ3v) is 4.02. The van der Waals surface area contributed by atoms with Gasteiger partial charge in [-0.1, -0.05) is 34.6 Å². The summed E-state index contributed by atoms with van der Waals surface area (Å²) in [7, 11) is 2.96. The van der Waals surface area contributed by atoms with Gasteiger partial charge in [0.1, 0.15) is 0 Å². The summed E-state index contributed by atoms with van der Waals surface area (Å²) in [6.07, 6.45) is 1.13. The van der Waals surface area contributed by atoms with Gasteiger partial charge in [0.25, 0.3) is 0 Å². The van der Waals surface area contributed by atoms with Crippen molar-refractivity contribution in [2.45, 2.75) is 0 Å². The highest BCUT2D eigenvalue weighted by Crippen LogP contribution is 2.35. The van der Waals surface area contributed by atoms with E-state index in [0.717, 1.165) is 6.08 Å². The number of rotatable bonds is 6. The number of hydrogen-bond acceptors (Lipinski definition) is 4. The minimum Gasteiger partial charge on any atom is -0.493 e. The van der Waals surface area contributed by atoms with Crippen LogP contribution in [0.1, 0.15) is 15.9 Å². The Morgan fingerprint density at radius 2 is 1.71 bits per heavy atom. The van der Waals surface area contributed by atoms with E-state index in [1.54, 1.807) is 30.3 Å². The van der Waals surface area contributed by atoms with E-state index in [9.17, 15) is 9.59 Å². The van der Waals surface area contributed by atoms with Crippen molar-refractivity contribution in [1.82, 2.24) is 0 Å². The Morgan fingerprint density at radius 3 is 2.29 bits per heavy atom. The average molecular weight is 390 g/mol. The molecule has 0 bridgehead atoms. The summed E-state index contributed by atoms with van der Waals surface area (Å²) in [5, 5.41) is 2.63. The number of carbonyl (C=O) groups excluding carboxylic acids is 2. The van der Waals surface area contributed by atoms with Crippen molar-refractivity contribution < 1.29 is 19.1 Å². The second-order valence-corrected chi connectivity index (χ2v) is 5.61. The molecule has 1 amide bonds. The fraction of sp³-hybridized carbons (Fsp3) is 0.111. The van der Waals surface area contributed by atoms with E-state index in [0.29, 0.717) is 27.2 Å². The molecule has 0 atom stereocenters. The van der Waals surface area contributed by atoms with E-state index in [4.69, 9.17) is 9.47 Å². The molecule has 0 unspecified atom stereocenters. The first kappa shape index (κ1) is 17.7. The maximum Gasteiger partial charge on any atom is 0.247 e. The molecule has 6 heteroatoms. The highest BCUT2D eigenvalue weighted by Gasteiger charge is 2.20. The summed E-state index contributed by atoms with van der Waals surface area (Å²) in [5.41, 5.74) is 1.08. The lowest BCUT2D eigenvalue weighted by Gasteiger charge is -2.15. The molecule has 0 fully saturated rings. The molecule has 2 rings (SSSR count). The molecule has 24 heavy (non-hydrogen) atoms. The zero-order valence-electron chi connectivity index (χ0n) is 13.3. The number of carbonyl (C=O) groups is 2. The molecule has 2 aromatic carbocycles. The standard InChI is InChI=1S/C18H16BrNO4/c1-4-17(21)20-14-10-16(24-3)15(23-2)9-12(14)18(22)11-7-5-6-8-13(11)19/h4-10H,1H2,2-3H3,(H,20,21). The van der Waals surface area contributed by atoms with Crippen LogP contribution in [0.5, 0.6) is 11.5 Å². The van der Waals surface area contributed by atoms with Crippen molar-refractivity contribution in [1.29, 1.82) is 0 Å². The van der Waals surface area contributed by atoms with Crippen LogP contribution < -0.4 is 14.8 Å². The highest BCUT2D eigenvalue weighted by molar-refractivity contribution is 9.10. The summed E-state index contributed by atoms with van der Waals surface area (Å²) < 4.78 is 11.1. The summed E-state index contributed by atoms with van der Waals surface area (Å²) in [4.78, 5) is 24.6. The Kier molecular flexibility index (Phi) is 5.76. The number of hydrogen-bond donors (Lipinski definition) is 1. The van der Waals surface area contributed by atoms with Crippen LogP contribution in [0.3, 0.4) is 0 Å². The van der Waals surface area contributed by atoms with Gasteiger partial charge >= 0.3 is 0 Å².